The predicted molar refractivity (Wildman–Crippen MR) is 82.7 cm³/mol. The molecule has 7 nitrogen and oxygen atoms in total. The predicted octanol–water partition coefficient (Wildman–Crippen LogP) is 0.319. The third kappa shape index (κ3) is 3.44. The van der Waals surface area contributed by atoms with Crippen LogP contribution in [0.25, 0.3) is 0 Å². The van der Waals surface area contributed by atoms with Gasteiger partial charge in [0.15, 0.2) is 0 Å². The Morgan fingerprint density at radius 3 is 2.21 bits per heavy atom. The van der Waals surface area contributed by atoms with Crippen molar-refractivity contribution >= 4 is 15.9 Å². The first kappa shape index (κ1) is 17.3. The van der Waals surface area contributed by atoms with Gasteiger partial charge in [-0.05, 0) is 18.2 Å². The third-order valence-corrected chi connectivity index (χ3v) is 5.98. The van der Waals surface area contributed by atoms with Gasteiger partial charge < -0.3 is 14.4 Å². The zero-order chi connectivity index (χ0) is 17.2. The van der Waals surface area contributed by atoms with Crippen LogP contribution in [0.2, 0.25) is 0 Å². The molecule has 0 spiro atoms. The summed E-state index contributed by atoms with van der Waals surface area (Å²) in [4.78, 5) is 13.6. The topological polar surface area (TPSA) is 76.2 Å². The monoisotopic (exact) mass is 358 g/mol. The fourth-order valence-electron chi connectivity index (χ4n) is 2.71. The first-order valence-corrected chi connectivity index (χ1v) is 9.18. The molecule has 0 N–H and O–H groups in total. The van der Waals surface area contributed by atoms with E-state index < -0.39 is 20.7 Å². The molecule has 132 valence electrons. The van der Waals surface area contributed by atoms with Crippen molar-refractivity contribution in [3.05, 3.63) is 29.6 Å². The highest BCUT2D eigenvalue weighted by Crippen LogP contribution is 2.22. The maximum absolute atomic E-state index is 14.1. The van der Waals surface area contributed by atoms with Gasteiger partial charge in [0.1, 0.15) is 10.7 Å². The number of ether oxygens (including phenoxy) is 2. The van der Waals surface area contributed by atoms with E-state index in [0.717, 1.165) is 12.1 Å². The van der Waals surface area contributed by atoms with Crippen molar-refractivity contribution < 1.29 is 27.1 Å². The van der Waals surface area contributed by atoms with Gasteiger partial charge in [-0.1, -0.05) is 0 Å². The van der Waals surface area contributed by atoms with Crippen LogP contribution in [0, 0.1) is 5.82 Å². The lowest BCUT2D eigenvalue weighted by Crippen LogP contribution is -2.42. The largest absolute Gasteiger partial charge is 0.379 e. The summed E-state index contributed by atoms with van der Waals surface area (Å²) in [7, 11) is -4.00. The Morgan fingerprint density at radius 1 is 1.00 bits per heavy atom. The summed E-state index contributed by atoms with van der Waals surface area (Å²) in [6.07, 6.45) is 0. The summed E-state index contributed by atoms with van der Waals surface area (Å²) in [5.74, 6) is -1.18. The second-order valence-electron chi connectivity index (χ2n) is 5.57. The van der Waals surface area contributed by atoms with Gasteiger partial charge in [0.05, 0.1) is 26.4 Å². The number of nitrogens with zero attached hydrogens (tertiary/aromatic N) is 2. The van der Waals surface area contributed by atoms with Crippen LogP contribution < -0.4 is 0 Å². The van der Waals surface area contributed by atoms with Gasteiger partial charge in [-0.25, -0.2) is 12.8 Å². The van der Waals surface area contributed by atoms with Crippen LogP contribution in [0.5, 0.6) is 0 Å². The highest BCUT2D eigenvalue weighted by Gasteiger charge is 2.30. The Balaban J connectivity index is 1.89. The number of hydrogen-bond acceptors (Lipinski definition) is 5. The average Bonchev–Trinajstić information content (AvgIpc) is 2.63. The molecule has 2 saturated heterocycles. The van der Waals surface area contributed by atoms with Gasteiger partial charge in [0.2, 0.25) is 10.0 Å². The molecule has 24 heavy (non-hydrogen) atoms. The van der Waals surface area contributed by atoms with E-state index in [2.05, 4.69) is 0 Å². The minimum Gasteiger partial charge on any atom is -0.379 e. The van der Waals surface area contributed by atoms with E-state index in [1.807, 2.05) is 0 Å². The first-order valence-electron chi connectivity index (χ1n) is 7.74. The molecule has 1 aromatic carbocycles. The molecule has 0 saturated carbocycles. The molecule has 0 radical (unpaired) electrons. The molecule has 3 rings (SSSR count). The van der Waals surface area contributed by atoms with Crippen molar-refractivity contribution in [2.24, 2.45) is 0 Å². The van der Waals surface area contributed by atoms with Crippen LogP contribution in [-0.2, 0) is 19.5 Å². The van der Waals surface area contributed by atoms with Crippen LogP contribution in [-0.4, -0.2) is 76.1 Å². The first-order chi connectivity index (χ1) is 11.5. The summed E-state index contributed by atoms with van der Waals surface area (Å²) >= 11 is 0. The van der Waals surface area contributed by atoms with Gasteiger partial charge in [0.25, 0.3) is 5.91 Å². The van der Waals surface area contributed by atoms with E-state index in [1.165, 1.54) is 10.4 Å². The van der Waals surface area contributed by atoms with E-state index in [0.29, 0.717) is 26.3 Å². The maximum atomic E-state index is 14.1. The van der Waals surface area contributed by atoms with Crippen molar-refractivity contribution in [3.63, 3.8) is 0 Å². The Hall–Kier alpha value is -1.55. The molecule has 2 heterocycles. The van der Waals surface area contributed by atoms with Crippen LogP contribution in [0.15, 0.2) is 23.1 Å². The smallest absolute Gasteiger partial charge is 0.254 e. The van der Waals surface area contributed by atoms with E-state index in [9.17, 15) is 17.6 Å². The van der Waals surface area contributed by atoms with Crippen LogP contribution >= 0.6 is 0 Å². The summed E-state index contributed by atoms with van der Waals surface area (Å²) in [5, 5.41) is 0. The number of sulfonamides is 1. The van der Waals surface area contributed by atoms with E-state index >= 15 is 0 Å². The molecular formula is C15H19FN2O5S. The number of halogens is 1. The van der Waals surface area contributed by atoms with E-state index in [4.69, 9.17) is 9.47 Å². The second kappa shape index (κ2) is 7.14. The lowest BCUT2D eigenvalue weighted by atomic mass is 10.2. The van der Waals surface area contributed by atoms with Crippen molar-refractivity contribution in [2.75, 3.05) is 52.6 Å². The van der Waals surface area contributed by atoms with Gasteiger partial charge >= 0.3 is 0 Å². The standard InChI is InChI=1S/C15H19FN2O5S/c16-13-2-1-12(15(19)17-3-7-22-8-4-17)11-14(13)24(20,21)18-5-9-23-10-6-18/h1-2,11H,3-10H2. The molecule has 1 aromatic rings. The SMILES string of the molecule is O=C(c1ccc(F)c(S(=O)(=O)N2CCOCC2)c1)N1CCOCC1. The molecular weight excluding hydrogens is 339 g/mol. The Bertz CT molecular complexity index is 713. The van der Waals surface area contributed by atoms with Crippen molar-refractivity contribution in [1.29, 1.82) is 0 Å². The Kier molecular flexibility index (Phi) is 5.14. The molecule has 2 aliphatic heterocycles. The molecule has 2 fully saturated rings. The minimum atomic E-state index is -4.00. The highest BCUT2D eigenvalue weighted by atomic mass is 32.2. The fraction of sp³-hybridized carbons (Fsp3) is 0.533. The summed E-state index contributed by atoms with van der Waals surface area (Å²) in [5.41, 5.74) is 0.158. The minimum absolute atomic E-state index is 0.158. The summed E-state index contributed by atoms with van der Waals surface area (Å²) in [6.45, 7) is 2.62. The average molecular weight is 358 g/mol. The highest BCUT2D eigenvalue weighted by molar-refractivity contribution is 7.89. The van der Waals surface area contributed by atoms with E-state index in [1.54, 1.807) is 4.90 Å². The molecule has 0 aliphatic carbocycles. The zero-order valence-corrected chi connectivity index (χ0v) is 13.9. The molecule has 2 aliphatic rings. The van der Waals surface area contributed by atoms with Crippen LogP contribution in [0.3, 0.4) is 0 Å². The Labute approximate surface area is 140 Å². The van der Waals surface area contributed by atoms with Crippen LogP contribution in [0.1, 0.15) is 10.4 Å². The van der Waals surface area contributed by atoms with Gasteiger partial charge in [0, 0.05) is 31.7 Å². The number of amides is 1. The number of benzene rings is 1. The molecule has 0 unspecified atom stereocenters. The lowest BCUT2D eigenvalue weighted by molar-refractivity contribution is 0.0302. The lowest BCUT2D eigenvalue weighted by Gasteiger charge is -2.28. The normalized spacial score (nSPS) is 20.1. The molecule has 1 amide bonds. The maximum Gasteiger partial charge on any atom is 0.254 e. The van der Waals surface area contributed by atoms with Crippen LogP contribution in [0.4, 0.5) is 4.39 Å². The third-order valence-electron chi connectivity index (χ3n) is 4.06. The second-order valence-corrected chi connectivity index (χ2v) is 7.47. The number of carbonyl (C=O) groups excluding carboxylic acids is 1. The van der Waals surface area contributed by atoms with Crippen molar-refractivity contribution in [3.8, 4) is 0 Å². The number of rotatable bonds is 3. The van der Waals surface area contributed by atoms with Gasteiger partial charge in [-0.3, -0.25) is 4.79 Å². The molecule has 9 heteroatoms. The molecule has 0 atom stereocenters. The quantitative estimate of drug-likeness (QED) is 0.778. The summed E-state index contributed by atoms with van der Waals surface area (Å²) < 4.78 is 50.9. The van der Waals surface area contributed by atoms with E-state index in [-0.39, 0.29) is 37.8 Å². The van der Waals surface area contributed by atoms with Gasteiger partial charge in [-0.2, -0.15) is 4.31 Å². The fourth-order valence-corrected chi connectivity index (χ4v) is 4.21. The number of hydrogen-bond donors (Lipinski definition) is 0. The molecule has 0 aromatic heterocycles. The molecule has 0 bridgehead atoms. The Morgan fingerprint density at radius 2 is 1.58 bits per heavy atom. The van der Waals surface area contributed by atoms with Crippen molar-refractivity contribution in [1.82, 2.24) is 9.21 Å². The van der Waals surface area contributed by atoms with Crippen molar-refractivity contribution in [2.45, 2.75) is 4.90 Å². The number of carbonyl (C=O) groups is 1. The zero-order valence-electron chi connectivity index (χ0n) is 13.1. The van der Waals surface area contributed by atoms with Gasteiger partial charge in [-0.15, -0.1) is 0 Å². The number of morpholine rings is 2. The summed E-state index contributed by atoms with van der Waals surface area (Å²) in [6, 6.07) is 3.46.